The van der Waals surface area contributed by atoms with E-state index in [4.69, 9.17) is 16.3 Å². The van der Waals surface area contributed by atoms with Gasteiger partial charge < -0.3 is 26.0 Å². The van der Waals surface area contributed by atoms with Crippen molar-refractivity contribution in [3.8, 4) is 6.01 Å². The number of hydrogen-bond donors (Lipinski definition) is 4. The molecule has 0 atom stereocenters. The van der Waals surface area contributed by atoms with E-state index in [1.54, 1.807) is 12.1 Å². The number of ether oxygens (including phenoxy) is 1. The van der Waals surface area contributed by atoms with Crippen LogP contribution in [0.5, 0.6) is 6.01 Å². The van der Waals surface area contributed by atoms with Crippen LogP contribution in [0.25, 0.3) is 0 Å². The second kappa shape index (κ2) is 12.6. The number of anilines is 3. The van der Waals surface area contributed by atoms with Gasteiger partial charge in [0.15, 0.2) is 6.61 Å². The van der Waals surface area contributed by atoms with Crippen LogP contribution < -0.4 is 26.0 Å². The fraction of sp³-hybridized carbons (Fsp3) is 0.393. The van der Waals surface area contributed by atoms with Gasteiger partial charge in [-0.1, -0.05) is 37.6 Å². The second-order valence-corrected chi connectivity index (χ2v) is 11.4. The molecular weight excluding hydrogens is 594 g/mol. The fourth-order valence-electron chi connectivity index (χ4n) is 4.02. The molecule has 0 bridgehead atoms. The molecule has 15 heteroatoms. The topological polar surface area (TPSA) is 130 Å². The number of aromatic nitrogens is 3. The van der Waals surface area contributed by atoms with Crippen molar-refractivity contribution < 1.29 is 31.9 Å². The summed E-state index contributed by atoms with van der Waals surface area (Å²) in [7, 11) is 0. The molecule has 4 N–H and O–H groups in total. The highest BCUT2D eigenvalue weighted by atomic mass is 35.5. The van der Waals surface area contributed by atoms with Crippen LogP contribution in [-0.4, -0.2) is 52.6 Å². The Labute approximate surface area is 250 Å². The number of nitrogens with zero attached hydrogens (tertiary/aromatic N) is 3. The van der Waals surface area contributed by atoms with Crippen molar-refractivity contribution in [1.82, 2.24) is 25.6 Å². The van der Waals surface area contributed by atoms with Gasteiger partial charge in [-0.25, -0.2) is 4.39 Å². The first kappa shape index (κ1) is 31.7. The molecule has 2 amide bonds. The summed E-state index contributed by atoms with van der Waals surface area (Å²) >= 11 is 5.99. The molecule has 1 aliphatic rings. The Balaban J connectivity index is 1.50. The maximum atomic E-state index is 15.0. The van der Waals surface area contributed by atoms with Crippen molar-refractivity contribution in [1.29, 1.82) is 0 Å². The Bertz CT molecular complexity index is 1480. The molecule has 0 aliphatic heterocycles. The number of carbonyl (C=O) groups excluding carboxylic acids is 2. The highest BCUT2D eigenvalue weighted by molar-refractivity contribution is 6.30. The number of hydrogen-bond acceptors (Lipinski definition) is 8. The van der Waals surface area contributed by atoms with Crippen LogP contribution in [0.3, 0.4) is 0 Å². The molecule has 0 radical (unpaired) electrons. The smallest absolute Gasteiger partial charge is 0.422 e. The summed E-state index contributed by atoms with van der Waals surface area (Å²) in [5, 5.41) is 11.8. The molecule has 3 aromatic rings. The lowest BCUT2D eigenvalue weighted by Gasteiger charge is -2.25. The Morgan fingerprint density at radius 3 is 2.23 bits per heavy atom. The second-order valence-electron chi connectivity index (χ2n) is 11.0. The standard InChI is InChI=1S/C28H30ClF4N7O3/c1-16(41)34-13-26(2,3)14-35-22(42)20-9-8-19(12-21(20)30)36-23-37-24(39-25(38-23)43-15-28(31,32)33)40-27(10-11-27)17-4-6-18(29)7-5-17/h4-9,12H,10-11,13-15H2,1-3H3,(H,34,41)(H,35,42)(H2,36,37,38,39,40). The summed E-state index contributed by atoms with van der Waals surface area (Å²) in [6.45, 7) is 3.90. The van der Waals surface area contributed by atoms with Gasteiger partial charge in [0.05, 0.1) is 11.1 Å². The van der Waals surface area contributed by atoms with E-state index in [-0.39, 0.29) is 35.6 Å². The number of benzene rings is 2. The van der Waals surface area contributed by atoms with Crippen LogP contribution in [0.2, 0.25) is 5.02 Å². The van der Waals surface area contributed by atoms with Crippen LogP contribution in [-0.2, 0) is 10.3 Å². The summed E-state index contributed by atoms with van der Waals surface area (Å²) in [4.78, 5) is 35.9. The lowest BCUT2D eigenvalue weighted by molar-refractivity contribution is -0.154. The average molecular weight is 624 g/mol. The Morgan fingerprint density at radius 1 is 0.977 bits per heavy atom. The van der Waals surface area contributed by atoms with Gasteiger partial charge in [0.2, 0.25) is 17.8 Å². The molecule has 0 saturated heterocycles. The third-order valence-corrected chi connectivity index (χ3v) is 6.74. The zero-order chi connectivity index (χ0) is 31.4. The SMILES string of the molecule is CC(=O)NCC(C)(C)CNC(=O)c1ccc(Nc2nc(NC3(c4ccc(Cl)cc4)CC3)nc(OCC(F)(F)F)n2)cc1F. The molecule has 1 fully saturated rings. The monoisotopic (exact) mass is 623 g/mol. The van der Waals surface area contributed by atoms with Crippen molar-refractivity contribution in [2.75, 3.05) is 30.3 Å². The molecule has 43 heavy (non-hydrogen) atoms. The van der Waals surface area contributed by atoms with Crippen LogP contribution in [0.15, 0.2) is 42.5 Å². The highest BCUT2D eigenvalue weighted by Gasteiger charge is 2.45. The van der Waals surface area contributed by atoms with Gasteiger partial charge in [0.1, 0.15) is 5.82 Å². The fourth-order valence-corrected chi connectivity index (χ4v) is 4.15. The van der Waals surface area contributed by atoms with Crippen molar-refractivity contribution in [2.45, 2.75) is 45.3 Å². The van der Waals surface area contributed by atoms with E-state index in [1.165, 1.54) is 19.1 Å². The zero-order valence-corrected chi connectivity index (χ0v) is 24.3. The number of alkyl halides is 3. The van der Waals surface area contributed by atoms with Gasteiger partial charge in [-0.2, -0.15) is 28.1 Å². The minimum atomic E-state index is -4.63. The molecule has 1 aliphatic carbocycles. The largest absolute Gasteiger partial charge is 0.454 e. The first-order valence-corrected chi connectivity index (χ1v) is 13.6. The minimum Gasteiger partial charge on any atom is -0.454 e. The lowest BCUT2D eigenvalue weighted by Crippen LogP contribution is -2.41. The maximum Gasteiger partial charge on any atom is 0.422 e. The van der Waals surface area contributed by atoms with E-state index in [9.17, 15) is 27.2 Å². The molecule has 230 valence electrons. The van der Waals surface area contributed by atoms with Crippen LogP contribution in [0.1, 0.15) is 49.5 Å². The third-order valence-electron chi connectivity index (χ3n) is 6.49. The molecule has 10 nitrogen and oxygen atoms in total. The van der Waals surface area contributed by atoms with Gasteiger partial charge in [-0.15, -0.1) is 0 Å². The van der Waals surface area contributed by atoms with Gasteiger partial charge in [0, 0.05) is 30.7 Å². The third kappa shape index (κ3) is 9.14. The minimum absolute atomic E-state index is 0.0551. The predicted octanol–water partition coefficient (Wildman–Crippen LogP) is 5.34. The van der Waals surface area contributed by atoms with E-state index < -0.39 is 41.5 Å². The van der Waals surface area contributed by atoms with E-state index in [0.29, 0.717) is 24.4 Å². The van der Waals surface area contributed by atoms with Gasteiger partial charge in [0.25, 0.3) is 5.91 Å². The first-order chi connectivity index (χ1) is 20.1. The van der Waals surface area contributed by atoms with E-state index >= 15 is 0 Å². The Kier molecular flexibility index (Phi) is 9.28. The maximum absolute atomic E-state index is 15.0. The Morgan fingerprint density at radius 2 is 1.63 bits per heavy atom. The predicted molar refractivity (Wildman–Crippen MR) is 152 cm³/mol. The van der Waals surface area contributed by atoms with Crippen LogP contribution >= 0.6 is 11.6 Å². The summed E-state index contributed by atoms with van der Waals surface area (Å²) in [6.07, 6.45) is -3.21. The van der Waals surface area contributed by atoms with Crippen LogP contribution in [0.4, 0.5) is 35.1 Å². The molecule has 1 aromatic heterocycles. The van der Waals surface area contributed by atoms with Crippen molar-refractivity contribution in [3.63, 3.8) is 0 Å². The lowest BCUT2D eigenvalue weighted by atomic mass is 9.93. The summed E-state index contributed by atoms with van der Waals surface area (Å²) < 4.78 is 58.2. The number of carbonyl (C=O) groups is 2. The summed E-state index contributed by atoms with van der Waals surface area (Å²) in [6, 6.07) is 10.2. The zero-order valence-electron chi connectivity index (χ0n) is 23.5. The average Bonchev–Trinajstić information content (AvgIpc) is 3.70. The molecule has 1 saturated carbocycles. The Hall–Kier alpha value is -4.20. The number of amides is 2. The van der Waals surface area contributed by atoms with Crippen molar-refractivity contribution >= 4 is 41.0 Å². The molecule has 4 rings (SSSR count). The van der Waals surface area contributed by atoms with E-state index in [0.717, 1.165) is 11.6 Å². The van der Waals surface area contributed by atoms with Gasteiger partial charge in [-0.05, 0) is 54.2 Å². The van der Waals surface area contributed by atoms with Crippen LogP contribution in [0, 0.1) is 11.2 Å². The van der Waals surface area contributed by atoms with Crippen molar-refractivity contribution in [3.05, 3.63) is 64.4 Å². The van der Waals surface area contributed by atoms with Gasteiger partial charge in [-0.3, -0.25) is 9.59 Å². The quantitative estimate of drug-likeness (QED) is 0.199. The molecule has 1 heterocycles. The molecule has 0 spiro atoms. The number of nitrogens with one attached hydrogen (secondary N) is 4. The highest BCUT2D eigenvalue weighted by Crippen LogP contribution is 2.48. The number of halogens is 5. The van der Waals surface area contributed by atoms with Gasteiger partial charge >= 0.3 is 12.2 Å². The summed E-state index contributed by atoms with van der Waals surface area (Å²) in [5.41, 5.74) is -0.256. The molecular formula is C28H30ClF4N7O3. The first-order valence-electron chi connectivity index (χ1n) is 13.2. The number of rotatable bonds is 12. The molecule has 0 unspecified atom stereocenters. The normalized spacial score (nSPS) is 14.0. The summed E-state index contributed by atoms with van der Waals surface area (Å²) in [5.74, 6) is -1.99. The van der Waals surface area contributed by atoms with E-state index in [1.807, 2.05) is 26.0 Å². The van der Waals surface area contributed by atoms with Crippen molar-refractivity contribution in [2.24, 2.45) is 5.41 Å². The van der Waals surface area contributed by atoms with E-state index in [2.05, 4.69) is 36.2 Å². The molecule has 2 aromatic carbocycles.